The molecule has 0 fully saturated rings. The van der Waals surface area contributed by atoms with Gasteiger partial charge in [0.05, 0.1) is 0 Å². The summed E-state index contributed by atoms with van der Waals surface area (Å²) in [7, 11) is 0. The van der Waals surface area contributed by atoms with Gasteiger partial charge in [-0.25, -0.2) is 4.79 Å². The highest BCUT2D eigenvalue weighted by atomic mass is 32.2. The van der Waals surface area contributed by atoms with Gasteiger partial charge in [0.1, 0.15) is 17.7 Å². The van der Waals surface area contributed by atoms with Crippen molar-refractivity contribution in [2.24, 2.45) is 0 Å². The second-order valence-corrected chi connectivity index (χ2v) is 12.2. The Morgan fingerprint density at radius 1 is 1.05 bits per heavy atom. The first-order valence-electron chi connectivity index (χ1n) is 14.9. The van der Waals surface area contributed by atoms with Crippen LogP contribution in [0.5, 0.6) is 0 Å². The summed E-state index contributed by atoms with van der Waals surface area (Å²) in [5.74, 6) is 0.198. The number of hydrogen-bond donors (Lipinski definition) is 2. The average Bonchev–Trinajstić information content (AvgIpc) is 2.91. The first-order chi connectivity index (χ1) is 19.1. The van der Waals surface area contributed by atoms with Crippen LogP contribution in [0.2, 0.25) is 0 Å². The Morgan fingerprint density at radius 2 is 1.73 bits per heavy atom. The van der Waals surface area contributed by atoms with Crippen molar-refractivity contribution >= 4 is 35.7 Å². The molecule has 0 aliphatic carbocycles. The molecule has 0 saturated carbocycles. The van der Waals surface area contributed by atoms with Crippen molar-refractivity contribution in [1.29, 1.82) is 0 Å². The quantitative estimate of drug-likeness (QED) is 0.172. The number of rotatable bonds is 19. The standard InChI is InChI=1S/C32H53N3O4S/c1-8-11-13-14-16-22-35(30(37)27(20-23-40-7)34-31(38)39-32(4,5)6)28(29(36)33-21-15-12-9-2)26-19-17-18-25(10-3)24-26/h10,17-19,24,27-28H,3,8-9,11-16,20-23H2,1-2,4-7H3,(H,33,36)(H,34,38). The fraction of sp³-hybridized carbons (Fsp3) is 0.656. The van der Waals surface area contributed by atoms with E-state index in [1.165, 1.54) is 0 Å². The molecular weight excluding hydrogens is 522 g/mol. The van der Waals surface area contributed by atoms with Crippen molar-refractivity contribution < 1.29 is 19.1 Å². The third kappa shape index (κ3) is 13.7. The zero-order valence-corrected chi connectivity index (χ0v) is 26.5. The van der Waals surface area contributed by atoms with Crippen molar-refractivity contribution in [2.75, 3.05) is 25.1 Å². The van der Waals surface area contributed by atoms with Gasteiger partial charge in [0, 0.05) is 13.1 Å². The van der Waals surface area contributed by atoms with E-state index in [-0.39, 0.29) is 11.8 Å². The van der Waals surface area contributed by atoms with E-state index in [2.05, 4.69) is 31.1 Å². The molecule has 0 heterocycles. The Hall–Kier alpha value is -2.48. The van der Waals surface area contributed by atoms with Crippen LogP contribution in [0.3, 0.4) is 0 Å². The summed E-state index contributed by atoms with van der Waals surface area (Å²) in [5, 5.41) is 5.89. The molecule has 2 N–H and O–H groups in total. The van der Waals surface area contributed by atoms with Gasteiger partial charge < -0.3 is 20.3 Å². The molecule has 3 amide bonds. The van der Waals surface area contributed by atoms with Gasteiger partial charge in [-0.05, 0) is 69.2 Å². The number of carbonyl (C=O) groups excluding carboxylic acids is 3. The molecule has 0 bridgehead atoms. The van der Waals surface area contributed by atoms with Crippen LogP contribution in [0.15, 0.2) is 30.8 Å². The van der Waals surface area contributed by atoms with E-state index in [4.69, 9.17) is 4.74 Å². The minimum Gasteiger partial charge on any atom is -0.444 e. The number of benzene rings is 1. The summed E-state index contributed by atoms with van der Waals surface area (Å²) in [4.78, 5) is 42.5. The van der Waals surface area contributed by atoms with Crippen LogP contribution >= 0.6 is 11.8 Å². The number of carbonyl (C=O) groups is 3. The van der Waals surface area contributed by atoms with E-state index in [9.17, 15) is 14.4 Å². The Bertz CT molecular complexity index is 916. The molecule has 0 aliphatic heterocycles. The fourth-order valence-corrected chi connectivity index (χ4v) is 4.88. The third-order valence-electron chi connectivity index (χ3n) is 6.49. The molecule has 7 nitrogen and oxygen atoms in total. The molecular formula is C32H53N3O4S. The van der Waals surface area contributed by atoms with E-state index in [1.54, 1.807) is 43.5 Å². The van der Waals surface area contributed by atoms with Crippen molar-refractivity contribution in [1.82, 2.24) is 15.5 Å². The minimum absolute atomic E-state index is 0.208. The number of amides is 3. The Balaban J connectivity index is 3.45. The van der Waals surface area contributed by atoms with Gasteiger partial charge in [0.15, 0.2) is 0 Å². The number of ether oxygens (including phenoxy) is 1. The summed E-state index contributed by atoms with van der Waals surface area (Å²) in [6.07, 6.45) is 11.5. The van der Waals surface area contributed by atoms with Gasteiger partial charge >= 0.3 is 6.09 Å². The fourth-order valence-electron chi connectivity index (χ4n) is 4.41. The van der Waals surface area contributed by atoms with Gasteiger partial charge in [-0.3, -0.25) is 9.59 Å². The second kappa shape index (κ2) is 19.6. The molecule has 0 saturated heterocycles. The maximum atomic E-state index is 14.3. The monoisotopic (exact) mass is 575 g/mol. The molecule has 1 aromatic rings. The van der Waals surface area contributed by atoms with E-state index < -0.39 is 23.8 Å². The van der Waals surface area contributed by atoms with Crippen LogP contribution in [-0.4, -0.2) is 59.5 Å². The van der Waals surface area contributed by atoms with E-state index in [0.717, 1.165) is 62.5 Å². The average molecular weight is 576 g/mol. The molecule has 2 unspecified atom stereocenters. The van der Waals surface area contributed by atoms with E-state index in [1.807, 2.05) is 30.5 Å². The number of nitrogens with one attached hydrogen (secondary N) is 2. The zero-order chi connectivity index (χ0) is 30.0. The summed E-state index contributed by atoms with van der Waals surface area (Å²) in [5.41, 5.74) is 0.915. The van der Waals surface area contributed by atoms with Crippen LogP contribution in [0.25, 0.3) is 6.08 Å². The minimum atomic E-state index is -0.822. The van der Waals surface area contributed by atoms with Crippen LogP contribution in [0, 0.1) is 0 Å². The molecule has 8 heteroatoms. The Kier molecular flexibility index (Phi) is 17.4. The normalized spacial score (nSPS) is 12.8. The maximum Gasteiger partial charge on any atom is 0.408 e. The number of alkyl carbamates (subject to hydrolysis) is 1. The van der Waals surface area contributed by atoms with Crippen molar-refractivity contribution in [3.05, 3.63) is 42.0 Å². The lowest BCUT2D eigenvalue weighted by Crippen LogP contribution is -2.53. The molecule has 1 rings (SSSR count). The molecule has 0 radical (unpaired) electrons. The predicted octanol–water partition coefficient (Wildman–Crippen LogP) is 7.12. The maximum absolute atomic E-state index is 14.3. The van der Waals surface area contributed by atoms with Gasteiger partial charge in [-0.1, -0.05) is 83.2 Å². The van der Waals surface area contributed by atoms with Gasteiger partial charge in [0.25, 0.3) is 0 Å². The molecule has 0 aliphatic rings. The highest BCUT2D eigenvalue weighted by Crippen LogP contribution is 2.26. The van der Waals surface area contributed by atoms with Gasteiger partial charge in [0.2, 0.25) is 11.8 Å². The molecule has 2 atom stereocenters. The van der Waals surface area contributed by atoms with E-state index in [0.29, 0.717) is 25.3 Å². The Morgan fingerprint density at radius 3 is 2.35 bits per heavy atom. The van der Waals surface area contributed by atoms with Crippen molar-refractivity contribution in [3.8, 4) is 0 Å². The Labute approximate surface area is 247 Å². The topological polar surface area (TPSA) is 87.7 Å². The SMILES string of the molecule is C=Cc1cccc(C(C(=O)NCCCCC)N(CCCCCCC)C(=O)C(CCSC)NC(=O)OC(C)(C)C)c1. The zero-order valence-electron chi connectivity index (χ0n) is 25.7. The number of unbranched alkanes of at least 4 members (excludes halogenated alkanes) is 6. The molecule has 1 aromatic carbocycles. The molecule has 40 heavy (non-hydrogen) atoms. The van der Waals surface area contributed by atoms with Crippen LogP contribution < -0.4 is 10.6 Å². The molecule has 0 spiro atoms. The van der Waals surface area contributed by atoms with Gasteiger partial charge in [-0.2, -0.15) is 11.8 Å². The summed E-state index contributed by atoms with van der Waals surface area (Å²) >= 11 is 1.60. The largest absolute Gasteiger partial charge is 0.444 e. The van der Waals surface area contributed by atoms with Crippen molar-refractivity contribution in [2.45, 2.75) is 110 Å². The summed E-state index contributed by atoms with van der Waals surface area (Å²) in [6.45, 7) is 14.5. The third-order valence-corrected chi connectivity index (χ3v) is 7.13. The highest BCUT2D eigenvalue weighted by molar-refractivity contribution is 7.98. The number of thioether (sulfide) groups is 1. The first kappa shape index (κ1) is 35.5. The van der Waals surface area contributed by atoms with Crippen LogP contribution in [0.1, 0.15) is 110 Å². The number of hydrogen-bond acceptors (Lipinski definition) is 5. The highest BCUT2D eigenvalue weighted by Gasteiger charge is 2.36. The van der Waals surface area contributed by atoms with Gasteiger partial charge in [-0.15, -0.1) is 0 Å². The predicted molar refractivity (Wildman–Crippen MR) is 168 cm³/mol. The lowest BCUT2D eigenvalue weighted by atomic mass is 9.99. The van der Waals surface area contributed by atoms with E-state index >= 15 is 0 Å². The molecule has 226 valence electrons. The van der Waals surface area contributed by atoms with Crippen LogP contribution in [-0.2, 0) is 14.3 Å². The molecule has 0 aromatic heterocycles. The van der Waals surface area contributed by atoms with Crippen LogP contribution in [0.4, 0.5) is 4.79 Å². The lowest BCUT2D eigenvalue weighted by Gasteiger charge is -2.35. The summed E-state index contributed by atoms with van der Waals surface area (Å²) in [6, 6.07) is 5.98. The summed E-state index contributed by atoms with van der Waals surface area (Å²) < 4.78 is 5.48. The first-order valence-corrected chi connectivity index (χ1v) is 16.3. The second-order valence-electron chi connectivity index (χ2n) is 11.2. The lowest BCUT2D eigenvalue weighted by molar-refractivity contribution is -0.142. The van der Waals surface area contributed by atoms with Crippen molar-refractivity contribution in [3.63, 3.8) is 0 Å². The number of nitrogens with zero attached hydrogens (tertiary/aromatic N) is 1. The smallest absolute Gasteiger partial charge is 0.408 e.